The average molecular weight is 280 g/mol. The maximum atomic E-state index is 6.13. The number of nitrogens with two attached hydrogens (primary N) is 1. The normalized spacial score (nSPS) is 16.4. The van der Waals surface area contributed by atoms with Crippen LogP contribution in [0.1, 0.15) is 42.1 Å². The molecule has 0 spiro atoms. The molecule has 1 fully saturated rings. The van der Waals surface area contributed by atoms with Crippen molar-refractivity contribution in [3.8, 4) is 5.75 Å². The summed E-state index contributed by atoms with van der Waals surface area (Å²) in [7, 11) is 1.57. The van der Waals surface area contributed by atoms with Crippen LogP contribution in [0.4, 0.5) is 0 Å². The van der Waals surface area contributed by atoms with Crippen LogP contribution >= 0.6 is 11.6 Å². The maximum absolute atomic E-state index is 6.13. The summed E-state index contributed by atoms with van der Waals surface area (Å²) in [5, 5.41) is 4.46. The first-order valence-corrected chi connectivity index (χ1v) is 6.49. The molecule has 0 amide bonds. The van der Waals surface area contributed by atoms with E-state index in [0.29, 0.717) is 28.4 Å². The highest BCUT2D eigenvalue weighted by molar-refractivity contribution is 6.32. The predicted molar refractivity (Wildman–Crippen MR) is 70.3 cm³/mol. The first kappa shape index (κ1) is 12.4. The number of halogens is 1. The number of ether oxygens (including phenoxy) is 1. The number of hydrogen-bond acceptors (Lipinski definition) is 5. The third kappa shape index (κ3) is 2.43. The van der Waals surface area contributed by atoms with Crippen molar-refractivity contribution in [1.82, 2.24) is 10.1 Å². The first-order valence-electron chi connectivity index (χ1n) is 6.11. The molecule has 0 saturated heterocycles. The molecule has 1 atom stereocenters. The molecule has 1 aliphatic carbocycles. The van der Waals surface area contributed by atoms with Gasteiger partial charge in [-0.2, -0.15) is 4.98 Å². The highest BCUT2D eigenvalue weighted by Crippen LogP contribution is 2.39. The van der Waals surface area contributed by atoms with E-state index in [1.54, 1.807) is 19.2 Å². The van der Waals surface area contributed by atoms with Crippen molar-refractivity contribution in [2.75, 3.05) is 7.11 Å². The molecule has 0 aliphatic heterocycles. The number of nitrogens with zero attached hydrogens (tertiary/aromatic N) is 2. The van der Waals surface area contributed by atoms with Crippen molar-refractivity contribution < 1.29 is 9.26 Å². The summed E-state index contributed by atoms with van der Waals surface area (Å²) >= 11 is 6.08. The summed E-state index contributed by atoms with van der Waals surface area (Å²) in [5.74, 6) is 2.21. The highest BCUT2D eigenvalue weighted by Gasteiger charge is 2.30. The van der Waals surface area contributed by atoms with Crippen LogP contribution in [-0.4, -0.2) is 17.3 Å². The summed E-state index contributed by atoms with van der Waals surface area (Å²) in [6, 6.07) is 4.94. The molecule has 2 aromatic rings. The Kier molecular flexibility index (Phi) is 3.16. The smallest absolute Gasteiger partial charge is 0.229 e. The Balaban J connectivity index is 1.85. The first-order chi connectivity index (χ1) is 9.19. The van der Waals surface area contributed by atoms with Gasteiger partial charge in [-0.1, -0.05) is 22.8 Å². The van der Waals surface area contributed by atoms with Gasteiger partial charge in [-0.3, -0.25) is 0 Å². The molecule has 0 bridgehead atoms. The van der Waals surface area contributed by atoms with Gasteiger partial charge in [-0.15, -0.1) is 0 Å². The lowest BCUT2D eigenvalue weighted by atomic mass is 10.1. The molecule has 1 aromatic carbocycles. The molecule has 1 aliphatic rings. The van der Waals surface area contributed by atoms with E-state index >= 15 is 0 Å². The van der Waals surface area contributed by atoms with E-state index in [1.165, 1.54) is 0 Å². The van der Waals surface area contributed by atoms with Crippen molar-refractivity contribution in [3.05, 3.63) is 40.5 Å². The van der Waals surface area contributed by atoms with Crippen LogP contribution in [0, 0.1) is 0 Å². The fraction of sp³-hybridized carbons (Fsp3) is 0.385. The van der Waals surface area contributed by atoms with Crippen molar-refractivity contribution >= 4 is 11.6 Å². The Bertz CT molecular complexity index is 595. The molecule has 5 nitrogen and oxygen atoms in total. The van der Waals surface area contributed by atoms with E-state index in [-0.39, 0.29) is 0 Å². The number of rotatable bonds is 4. The lowest BCUT2D eigenvalue weighted by Crippen LogP contribution is -2.13. The van der Waals surface area contributed by atoms with E-state index in [9.17, 15) is 0 Å². The van der Waals surface area contributed by atoms with E-state index in [0.717, 1.165) is 18.4 Å². The van der Waals surface area contributed by atoms with Crippen molar-refractivity contribution in [1.29, 1.82) is 0 Å². The van der Waals surface area contributed by atoms with Gasteiger partial charge in [0.1, 0.15) is 5.75 Å². The van der Waals surface area contributed by atoms with Crippen LogP contribution in [0.15, 0.2) is 22.7 Å². The minimum absolute atomic E-state index is 0.424. The molecule has 1 heterocycles. The zero-order valence-corrected chi connectivity index (χ0v) is 11.2. The van der Waals surface area contributed by atoms with E-state index < -0.39 is 6.04 Å². The largest absolute Gasteiger partial charge is 0.495 e. The lowest BCUT2D eigenvalue weighted by Gasteiger charge is -2.09. The summed E-state index contributed by atoms with van der Waals surface area (Å²) in [6.45, 7) is 0. The Morgan fingerprint density at radius 1 is 1.47 bits per heavy atom. The number of aromatic nitrogens is 2. The van der Waals surface area contributed by atoms with Gasteiger partial charge in [0.2, 0.25) is 5.89 Å². The third-order valence-electron chi connectivity index (χ3n) is 3.20. The van der Waals surface area contributed by atoms with Crippen LogP contribution in [0.5, 0.6) is 5.75 Å². The molecular weight excluding hydrogens is 266 g/mol. The van der Waals surface area contributed by atoms with E-state index in [2.05, 4.69) is 10.1 Å². The highest BCUT2D eigenvalue weighted by atomic mass is 35.5. The summed E-state index contributed by atoms with van der Waals surface area (Å²) in [6.07, 6.45) is 2.23. The molecule has 0 radical (unpaired) electrons. The third-order valence-corrected chi connectivity index (χ3v) is 3.49. The molecule has 6 heteroatoms. The van der Waals surface area contributed by atoms with Gasteiger partial charge in [0.15, 0.2) is 5.82 Å². The van der Waals surface area contributed by atoms with Gasteiger partial charge < -0.3 is 15.0 Å². The molecule has 1 saturated carbocycles. The summed E-state index contributed by atoms with van der Waals surface area (Å²) in [4.78, 5) is 4.34. The molecule has 1 aromatic heterocycles. The fourth-order valence-electron chi connectivity index (χ4n) is 1.89. The van der Waals surface area contributed by atoms with Crippen LogP contribution in [0.25, 0.3) is 0 Å². The molecule has 2 N–H and O–H groups in total. The minimum Gasteiger partial charge on any atom is -0.495 e. The Morgan fingerprint density at radius 2 is 2.26 bits per heavy atom. The number of hydrogen-bond donors (Lipinski definition) is 1. The Hall–Kier alpha value is -1.59. The maximum Gasteiger partial charge on any atom is 0.229 e. The lowest BCUT2D eigenvalue weighted by molar-refractivity contribution is 0.372. The van der Waals surface area contributed by atoms with E-state index in [4.69, 9.17) is 26.6 Å². The molecule has 1 unspecified atom stereocenters. The fourth-order valence-corrected chi connectivity index (χ4v) is 2.16. The summed E-state index contributed by atoms with van der Waals surface area (Å²) in [5.41, 5.74) is 6.95. The summed E-state index contributed by atoms with van der Waals surface area (Å²) < 4.78 is 10.3. The van der Waals surface area contributed by atoms with Crippen molar-refractivity contribution in [2.24, 2.45) is 5.73 Å². The van der Waals surface area contributed by atoms with Gasteiger partial charge in [0.25, 0.3) is 0 Å². The SMILES string of the molecule is COc1ccc(C(N)c2noc(C3CC3)n2)cc1Cl. The van der Waals surface area contributed by atoms with Crippen LogP contribution in [0.3, 0.4) is 0 Å². The predicted octanol–water partition coefficient (Wildman–Crippen LogP) is 2.66. The number of methoxy groups -OCH3 is 1. The van der Waals surface area contributed by atoms with Gasteiger partial charge in [0, 0.05) is 5.92 Å². The Morgan fingerprint density at radius 3 is 2.89 bits per heavy atom. The topological polar surface area (TPSA) is 74.2 Å². The van der Waals surface area contributed by atoms with E-state index in [1.807, 2.05) is 6.07 Å². The van der Waals surface area contributed by atoms with Crippen molar-refractivity contribution in [3.63, 3.8) is 0 Å². The minimum atomic E-state index is -0.445. The quantitative estimate of drug-likeness (QED) is 0.931. The Labute approximate surface area is 115 Å². The molecule has 100 valence electrons. The monoisotopic (exact) mass is 279 g/mol. The van der Waals surface area contributed by atoms with Gasteiger partial charge in [0.05, 0.1) is 18.2 Å². The zero-order valence-electron chi connectivity index (χ0n) is 10.5. The second-order valence-corrected chi connectivity index (χ2v) is 5.04. The molecule has 19 heavy (non-hydrogen) atoms. The molecule has 3 rings (SSSR count). The van der Waals surface area contributed by atoms with Crippen molar-refractivity contribution in [2.45, 2.75) is 24.8 Å². The van der Waals surface area contributed by atoms with Gasteiger partial charge in [-0.05, 0) is 30.5 Å². The van der Waals surface area contributed by atoms with Crippen LogP contribution in [0.2, 0.25) is 5.02 Å². The standard InChI is InChI=1S/C13H14ClN3O2/c1-18-10-5-4-8(6-9(10)14)11(15)12-16-13(19-17-12)7-2-3-7/h4-7,11H,2-3,15H2,1H3. The van der Waals surface area contributed by atoms with Crippen LogP contribution < -0.4 is 10.5 Å². The van der Waals surface area contributed by atoms with Gasteiger partial charge in [-0.25, -0.2) is 0 Å². The van der Waals surface area contributed by atoms with Gasteiger partial charge >= 0.3 is 0 Å². The second-order valence-electron chi connectivity index (χ2n) is 4.64. The second kappa shape index (κ2) is 4.83. The average Bonchev–Trinajstić information content (AvgIpc) is 3.16. The number of benzene rings is 1. The van der Waals surface area contributed by atoms with Crippen LogP contribution in [-0.2, 0) is 0 Å². The molecular formula is C13H14ClN3O2. The zero-order chi connectivity index (χ0) is 13.4.